The van der Waals surface area contributed by atoms with Gasteiger partial charge in [-0.3, -0.25) is 14.5 Å². The van der Waals surface area contributed by atoms with Crippen molar-refractivity contribution in [3.8, 4) is 18.1 Å². The van der Waals surface area contributed by atoms with Crippen LogP contribution in [0.4, 0.5) is 5.69 Å². The van der Waals surface area contributed by atoms with Crippen LogP contribution in [0.1, 0.15) is 23.5 Å². The number of benzene rings is 2. The Morgan fingerprint density at radius 1 is 1.30 bits per heavy atom. The van der Waals surface area contributed by atoms with Crippen LogP contribution in [0.25, 0.3) is 0 Å². The molecule has 27 heavy (non-hydrogen) atoms. The average Bonchev–Trinajstić information content (AvgIpc) is 3.13. The molecular weight excluding hydrogens is 410 g/mol. The zero-order chi connectivity index (χ0) is 19.2. The molecule has 0 N–H and O–H groups in total. The van der Waals surface area contributed by atoms with E-state index in [1.54, 1.807) is 7.11 Å². The number of halogens is 1. The summed E-state index contributed by atoms with van der Waals surface area (Å²) in [5.41, 5.74) is 0.767. The maximum atomic E-state index is 13.5. The Labute approximate surface area is 165 Å². The van der Waals surface area contributed by atoms with Gasteiger partial charge in [-0.1, -0.05) is 34.0 Å². The molecule has 0 bridgehead atoms. The largest absolute Gasteiger partial charge is 0.497 e. The predicted molar refractivity (Wildman–Crippen MR) is 103 cm³/mol. The molecule has 136 valence electrons. The number of hydrogen-bond donors (Lipinski definition) is 0. The van der Waals surface area contributed by atoms with Gasteiger partial charge in [-0.2, -0.15) is 0 Å². The molecule has 2 heterocycles. The fourth-order valence-electron chi connectivity index (χ4n) is 3.94. The Bertz CT molecular complexity index is 979. The second-order valence-corrected chi connectivity index (χ2v) is 7.41. The highest BCUT2D eigenvalue weighted by atomic mass is 79.9. The molecule has 0 radical (unpaired) electrons. The Hall–Kier alpha value is -2.78. The molecule has 2 aromatic carbocycles. The number of hydrogen-bond acceptors (Lipinski definition) is 4. The van der Waals surface area contributed by atoms with Crippen LogP contribution in [0.3, 0.4) is 0 Å². The molecule has 1 spiro atoms. The summed E-state index contributed by atoms with van der Waals surface area (Å²) in [5, 5.41) is 0. The predicted octanol–water partition coefficient (Wildman–Crippen LogP) is 3.36. The maximum absolute atomic E-state index is 13.5. The van der Waals surface area contributed by atoms with Gasteiger partial charge in [0, 0.05) is 16.0 Å². The number of ether oxygens (including phenoxy) is 2. The number of methoxy groups -OCH3 is 1. The number of nitrogens with zero attached hydrogens (tertiary/aromatic N) is 1. The highest BCUT2D eigenvalue weighted by Gasteiger charge is 2.63. The number of anilines is 1. The van der Waals surface area contributed by atoms with Crippen LogP contribution in [0, 0.1) is 12.3 Å². The lowest BCUT2D eigenvalue weighted by Crippen LogP contribution is -2.43. The zero-order valence-electron chi connectivity index (χ0n) is 14.6. The number of amides is 1. The normalized spacial score (nSPS) is 23.3. The molecule has 1 saturated heterocycles. The van der Waals surface area contributed by atoms with Crippen molar-refractivity contribution in [2.75, 3.05) is 18.6 Å². The van der Waals surface area contributed by atoms with E-state index >= 15 is 0 Å². The summed E-state index contributed by atoms with van der Waals surface area (Å²) in [4.78, 5) is 27.3. The molecule has 2 atom stereocenters. The minimum Gasteiger partial charge on any atom is -0.497 e. The summed E-state index contributed by atoms with van der Waals surface area (Å²) in [6.07, 6.45) is 5.59. The molecule has 2 aromatic rings. The summed E-state index contributed by atoms with van der Waals surface area (Å²) in [5.74, 6) is 2.07. The molecule has 6 heteroatoms. The van der Waals surface area contributed by atoms with Gasteiger partial charge in [0.25, 0.3) is 5.91 Å². The number of fused-ring (bicyclic) bond motifs is 2. The third-order valence-electron chi connectivity index (χ3n) is 5.12. The lowest BCUT2D eigenvalue weighted by atomic mass is 9.78. The van der Waals surface area contributed by atoms with Gasteiger partial charge < -0.3 is 9.47 Å². The third kappa shape index (κ3) is 2.54. The van der Waals surface area contributed by atoms with Crippen molar-refractivity contribution in [3.05, 3.63) is 58.1 Å². The summed E-state index contributed by atoms with van der Waals surface area (Å²) in [7, 11) is 1.59. The van der Waals surface area contributed by atoms with Gasteiger partial charge in [0.15, 0.2) is 0 Å². The molecule has 0 aromatic heterocycles. The topological polar surface area (TPSA) is 55.8 Å². The highest BCUT2D eigenvalue weighted by Crippen LogP contribution is 2.56. The van der Waals surface area contributed by atoms with Gasteiger partial charge in [0.2, 0.25) is 5.60 Å². The van der Waals surface area contributed by atoms with Gasteiger partial charge in [-0.05, 0) is 35.9 Å². The second kappa shape index (κ2) is 6.43. The molecule has 0 saturated carbocycles. The number of carbonyl (C=O) groups is 2. The highest BCUT2D eigenvalue weighted by molar-refractivity contribution is 9.10. The first-order valence-electron chi connectivity index (χ1n) is 8.42. The van der Waals surface area contributed by atoms with Crippen molar-refractivity contribution in [2.45, 2.75) is 17.9 Å². The van der Waals surface area contributed by atoms with E-state index in [-0.39, 0.29) is 18.9 Å². The molecule has 0 aliphatic carbocycles. The molecular formula is C21H16BrNO4. The lowest BCUT2D eigenvalue weighted by Gasteiger charge is -2.28. The zero-order valence-corrected chi connectivity index (χ0v) is 16.2. The van der Waals surface area contributed by atoms with Gasteiger partial charge in [-0.15, -0.1) is 6.42 Å². The average molecular weight is 426 g/mol. The van der Waals surface area contributed by atoms with Crippen LogP contribution >= 0.6 is 15.9 Å². The fourth-order valence-corrected chi connectivity index (χ4v) is 4.30. The molecule has 1 fully saturated rings. The monoisotopic (exact) mass is 425 g/mol. The molecule has 2 aliphatic heterocycles. The Morgan fingerprint density at radius 3 is 2.70 bits per heavy atom. The van der Waals surface area contributed by atoms with Gasteiger partial charge in [0.1, 0.15) is 5.75 Å². The third-order valence-corrected chi connectivity index (χ3v) is 5.61. The number of terminal acetylenes is 1. The van der Waals surface area contributed by atoms with E-state index in [4.69, 9.17) is 15.9 Å². The van der Waals surface area contributed by atoms with Crippen molar-refractivity contribution in [1.82, 2.24) is 0 Å². The Balaban J connectivity index is 1.90. The van der Waals surface area contributed by atoms with Crippen LogP contribution in [0.5, 0.6) is 5.75 Å². The van der Waals surface area contributed by atoms with Crippen molar-refractivity contribution < 1.29 is 19.1 Å². The van der Waals surface area contributed by atoms with E-state index in [0.29, 0.717) is 17.0 Å². The molecule has 0 unspecified atom stereocenters. The van der Waals surface area contributed by atoms with E-state index in [1.807, 2.05) is 42.5 Å². The van der Waals surface area contributed by atoms with Crippen LogP contribution in [-0.2, 0) is 19.9 Å². The maximum Gasteiger partial charge on any atom is 0.308 e. The quantitative estimate of drug-likeness (QED) is 0.558. The van der Waals surface area contributed by atoms with E-state index in [2.05, 4.69) is 21.9 Å². The van der Waals surface area contributed by atoms with Crippen LogP contribution < -0.4 is 9.64 Å². The van der Waals surface area contributed by atoms with Gasteiger partial charge >= 0.3 is 5.97 Å². The molecule has 5 nitrogen and oxygen atoms in total. The Kier molecular flexibility index (Phi) is 4.20. The van der Waals surface area contributed by atoms with Crippen LogP contribution in [-0.4, -0.2) is 25.5 Å². The minimum atomic E-state index is -1.40. The summed E-state index contributed by atoms with van der Waals surface area (Å²) < 4.78 is 11.8. The molecule has 1 amide bonds. The molecule has 2 aliphatic rings. The fraction of sp³-hybridized carbons (Fsp3) is 0.238. The van der Waals surface area contributed by atoms with Crippen LogP contribution in [0.2, 0.25) is 0 Å². The van der Waals surface area contributed by atoms with Crippen molar-refractivity contribution in [2.24, 2.45) is 0 Å². The summed E-state index contributed by atoms with van der Waals surface area (Å²) in [6, 6.07) is 12.8. The van der Waals surface area contributed by atoms with Crippen molar-refractivity contribution in [1.29, 1.82) is 0 Å². The summed E-state index contributed by atoms with van der Waals surface area (Å²) in [6.45, 7) is 0.113. The lowest BCUT2D eigenvalue weighted by molar-refractivity contribution is -0.157. The SMILES string of the molecule is C#CCN1C(=O)[C@@]2(OC(=O)C[C@H]2c2ccc(OC)cc2)c2cc(Br)ccc21. The smallest absolute Gasteiger partial charge is 0.308 e. The summed E-state index contributed by atoms with van der Waals surface area (Å²) >= 11 is 3.46. The van der Waals surface area contributed by atoms with Crippen LogP contribution in [0.15, 0.2) is 46.9 Å². The second-order valence-electron chi connectivity index (χ2n) is 6.50. The van der Waals surface area contributed by atoms with E-state index in [9.17, 15) is 9.59 Å². The van der Waals surface area contributed by atoms with Crippen molar-refractivity contribution >= 4 is 33.5 Å². The first-order valence-corrected chi connectivity index (χ1v) is 9.22. The van der Waals surface area contributed by atoms with Crippen molar-refractivity contribution in [3.63, 3.8) is 0 Å². The number of carbonyl (C=O) groups excluding carboxylic acids is 2. The van der Waals surface area contributed by atoms with E-state index in [1.165, 1.54) is 4.90 Å². The minimum absolute atomic E-state index is 0.113. The van der Waals surface area contributed by atoms with Gasteiger partial charge in [0.05, 0.1) is 25.8 Å². The first-order chi connectivity index (χ1) is 13.0. The van der Waals surface area contributed by atoms with E-state index in [0.717, 1.165) is 10.0 Å². The number of rotatable bonds is 3. The standard InChI is InChI=1S/C21H16BrNO4/c1-3-10-23-18-9-6-14(22)11-17(18)21(20(23)25)16(12-19(24)27-21)13-4-7-15(26-2)8-5-13/h1,4-9,11,16H,10,12H2,2H3/t16-,21-/m0/s1. The van der Waals surface area contributed by atoms with Gasteiger partial charge in [-0.25, -0.2) is 0 Å². The number of esters is 1. The Morgan fingerprint density at radius 2 is 2.04 bits per heavy atom. The molecule has 4 rings (SSSR count). The van der Waals surface area contributed by atoms with E-state index < -0.39 is 17.5 Å². The first kappa shape index (κ1) is 17.6.